The van der Waals surface area contributed by atoms with Gasteiger partial charge in [0.15, 0.2) is 47.1 Å². The molecule has 606 valence electrons. The molecule has 12 nitrogen and oxygen atoms in total. The Morgan fingerprint density at radius 3 is 0.976 bits per heavy atom. The Labute approximate surface area is 730 Å². The molecule has 24 aromatic rings. The molecule has 0 N–H and O–H groups in total. The van der Waals surface area contributed by atoms with Crippen molar-refractivity contribution >= 4 is 175 Å². The minimum Gasteiger partial charge on any atom is -0.437 e. The van der Waals surface area contributed by atoms with E-state index in [0.717, 1.165) is 192 Å². The summed E-state index contributed by atoms with van der Waals surface area (Å²) in [4.78, 5) is 19.2. The molecule has 12 heterocycles. The summed E-state index contributed by atoms with van der Waals surface area (Å²) in [5.74, 6) is -2.36. The predicted octanol–water partition coefficient (Wildman–Crippen LogP) is 27.5. The summed E-state index contributed by atoms with van der Waals surface area (Å²) in [6.07, 6.45) is 8.44. The van der Waals surface area contributed by atoms with Crippen LogP contribution in [0.25, 0.3) is 220 Å². The van der Waals surface area contributed by atoms with E-state index in [1.165, 1.54) is 56.3 Å². The minimum atomic E-state index is -2.44. The predicted molar refractivity (Wildman–Crippen MR) is 514 cm³/mol. The van der Waals surface area contributed by atoms with Gasteiger partial charge in [-0.2, -0.15) is 0 Å². The van der Waals surface area contributed by atoms with Crippen LogP contribution in [0.3, 0.4) is 0 Å². The van der Waals surface area contributed by atoms with Crippen molar-refractivity contribution in [2.24, 2.45) is 28.2 Å². The topological polar surface area (TPSA) is 120 Å². The molecule has 12 aromatic carbocycles. The average Bonchev–Trinajstić information content (AvgIpc) is 1.53. The largest absolute Gasteiger partial charge is 0.437 e. The van der Waals surface area contributed by atoms with Gasteiger partial charge in [-0.1, -0.05) is 173 Å². The fourth-order valence-corrected chi connectivity index (χ4v) is 18.6. The SMILES string of the molecule is Cc1cc2c(oc3nc4ccccc4cc32)c(-c2cc3ccccc3c[n+]2C)c1C.Cc1ccc2c(oc3nc4ccccc4cc32)c1-c1cc2ccccc2c[n+]1C.[2H]C(C)(C)c1ccc2c(-c3c(C)c(C)cc4c3oc3nc5ccccc5cc34)[n+](C)ccc2c1.[2H]C([2H])([2H])C([2H])(C)c1ccc2c(-c3c(C)c(C)cc4c3oc3nc5ccccc5cc34)[n+](C)ccc2c1. The van der Waals surface area contributed by atoms with Crippen LogP contribution in [0.2, 0.25) is 0 Å². The number of aromatic nitrogens is 8. The number of nitrogens with zero attached hydrogens (tertiary/aromatic N) is 8. The Balaban J connectivity index is 0.000000105. The van der Waals surface area contributed by atoms with Crippen LogP contribution in [-0.2, 0) is 28.2 Å². The number of benzene rings is 12. The van der Waals surface area contributed by atoms with Gasteiger partial charge in [-0.3, -0.25) is 0 Å². The smallest absolute Gasteiger partial charge is 0.227 e. The number of fused-ring (bicyclic) bond motifs is 20. The Hall–Kier alpha value is -14.9. The van der Waals surface area contributed by atoms with Crippen LogP contribution in [0.5, 0.6) is 0 Å². The average molecular weight is 1630 g/mol. The molecule has 125 heavy (non-hydrogen) atoms. The molecule has 0 saturated heterocycles. The monoisotopic (exact) mass is 1630 g/mol. The number of hydrogen-bond donors (Lipinski definition) is 0. The lowest BCUT2D eigenvalue weighted by molar-refractivity contribution is -0.659. The zero-order chi connectivity index (χ0) is 90.0. The van der Waals surface area contributed by atoms with Gasteiger partial charge >= 0.3 is 0 Å². The summed E-state index contributed by atoms with van der Waals surface area (Å²) >= 11 is 0. The molecule has 0 aliphatic carbocycles. The lowest BCUT2D eigenvalue weighted by atomic mass is 9.92. The number of para-hydroxylation sites is 4. The highest BCUT2D eigenvalue weighted by Gasteiger charge is 2.31. The molecule has 1 atom stereocenters. The van der Waals surface area contributed by atoms with E-state index in [1.807, 2.05) is 118 Å². The fraction of sp³-hybridized carbons (Fsp3) is 0.150. The molecule has 12 aromatic heterocycles. The fourth-order valence-electron chi connectivity index (χ4n) is 18.6. The summed E-state index contributed by atoms with van der Waals surface area (Å²) in [5.41, 5.74) is 28.4. The van der Waals surface area contributed by atoms with Crippen LogP contribution in [0.4, 0.5) is 0 Å². The van der Waals surface area contributed by atoms with E-state index in [-0.39, 0.29) is 0 Å². The summed E-state index contributed by atoms with van der Waals surface area (Å²) in [5, 5.41) is 21.9. The Morgan fingerprint density at radius 1 is 0.272 bits per heavy atom. The van der Waals surface area contributed by atoms with Crippen LogP contribution >= 0.6 is 0 Å². The molecular formula is C113H94N8O4+4. The lowest BCUT2D eigenvalue weighted by Crippen LogP contribution is -2.31. The van der Waals surface area contributed by atoms with Gasteiger partial charge in [0.05, 0.1) is 55.1 Å². The van der Waals surface area contributed by atoms with Crippen molar-refractivity contribution in [3.63, 3.8) is 0 Å². The number of aryl methyl sites for hydroxylation is 8. The van der Waals surface area contributed by atoms with E-state index in [9.17, 15) is 0 Å². The molecule has 0 aliphatic heterocycles. The highest BCUT2D eigenvalue weighted by Crippen LogP contribution is 2.46. The molecule has 0 aliphatic rings. The van der Waals surface area contributed by atoms with Gasteiger partial charge in [0.25, 0.3) is 0 Å². The first-order valence-electron chi connectivity index (χ1n) is 45.0. The number of hydrogen-bond acceptors (Lipinski definition) is 8. The summed E-state index contributed by atoms with van der Waals surface area (Å²) < 4.78 is 75.0. The van der Waals surface area contributed by atoms with Gasteiger partial charge in [-0.25, -0.2) is 38.2 Å². The summed E-state index contributed by atoms with van der Waals surface area (Å²) in [7, 11) is 8.28. The Bertz CT molecular complexity index is 8920. The summed E-state index contributed by atoms with van der Waals surface area (Å²) in [6, 6.07) is 89.6. The molecule has 12 heteroatoms. The molecule has 0 spiro atoms. The third kappa shape index (κ3) is 13.2. The second kappa shape index (κ2) is 30.3. The highest BCUT2D eigenvalue weighted by molar-refractivity contribution is 6.17. The second-order valence-electron chi connectivity index (χ2n) is 34.0. The van der Waals surface area contributed by atoms with Crippen molar-refractivity contribution < 1.29 is 42.8 Å². The van der Waals surface area contributed by atoms with Gasteiger partial charge in [0.2, 0.25) is 45.6 Å². The number of pyridine rings is 8. The maximum Gasteiger partial charge on any atom is 0.227 e. The van der Waals surface area contributed by atoms with Gasteiger partial charge in [-0.15, -0.1) is 0 Å². The first-order chi connectivity index (χ1) is 62.5. The molecule has 1 unspecified atom stereocenters. The quantitative estimate of drug-likeness (QED) is 0.151. The molecule has 0 radical (unpaired) electrons. The number of furan rings is 4. The molecular weight excluding hydrogens is 1530 g/mol. The van der Waals surface area contributed by atoms with Crippen molar-refractivity contribution in [3.05, 3.63) is 336 Å². The van der Waals surface area contributed by atoms with E-state index >= 15 is 0 Å². The molecule has 0 fully saturated rings. The van der Waals surface area contributed by atoms with Gasteiger partial charge < -0.3 is 17.7 Å². The van der Waals surface area contributed by atoms with E-state index in [4.69, 9.17) is 44.5 Å². The maximum atomic E-state index is 8.56. The number of rotatable bonds is 6. The molecule has 24 rings (SSSR count). The van der Waals surface area contributed by atoms with Crippen molar-refractivity contribution in [1.29, 1.82) is 0 Å². The van der Waals surface area contributed by atoms with Gasteiger partial charge in [0.1, 0.15) is 28.2 Å². The van der Waals surface area contributed by atoms with E-state index in [2.05, 4.69) is 270 Å². The van der Waals surface area contributed by atoms with Crippen molar-refractivity contribution in [1.82, 2.24) is 19.9 Å². The van der Waals surface area contributed by atoms with Crippen molar-refractivity contribution in [2.45, 2.75) is 87.9 Å². The maximum absolute atomic E-state index is 8.56. The van der Waals surface area contributed by atoms with Crippen molar-refractivity contribution in [2.75, 3.05) is 0 Å². The zero-order valence-corrected chi connectivity index (χ0v) is 72.3. The molecule has 0 bridgehead atoms. The molecule has 0 saturated carbocycles. The Kier molecular flexibility index (Phi) is 17.4. The first kappa shape index (κ1) is 71.8. The van der Waals surface area contributed by atoms with Crippen LogP contribution in [0.15, 0.2) is 303 Å². The minimum absolute atomic E-state index is 0.463. The van der Waals surface area contributed by atoms with E-state index in [1.54, 1.807) is 6.07 Å². The lowest BCUT2D eigenvalue weighted by Gasteiger charge is -2.12. The van der Waals surface area contributed by atoms with Crippen LogP contribution in [0.1, 0.15) is 96.3 Å². The third-order valence-corrected chi connectivity index (χ3v) is 25.7. The van der Waals surface area contributed by atoms with Gasteiger partial charge in [-0.05, 0) is 223 Å². The summed E-state index contributed by atoms with van der Waals surface area (Å²) in [6.45, 7) is 17.9. The standard InChI is InChI=1S/2C30H27N2O.C27H21N2O.C26H19N2O/c2*1-17(2)20-10-11-23-21(15-20)12-13-32(5)28(23)27-19(4)18(3)14-24-25-16-22-8-6-7-9-26(22)31-30(25)33-29(24)27;1-16-12-21-22-13-19-9-6-7-11-23(19)28-27(22)30-26(21)25(17(16)2)24-14-18-8-4-5-10-20(18)15-29(24)3;1-16-11-12-20-21-13-18-8-5-6-10-22(18)27-26(21)29-25(20)24(16)23-14-17-7-3-4-9-19(17)15-28(23)2/h2*6-17H,1-5H3;4-15H,1-3H3;3-15H,1-2H3/q4*+1/i1D3,17D;17D;;. The van der Waals surface area contributed by atoms with Gasteiger partial charge in [0, 0.05) is 107 Å². The van der Waals surface area contributed by atoms with Crippen LogP contribution in [0, 0.1) is 48.5 Å². The second-order valence-corrected chi connectivity index (χ2v) is 34.0. The van der Waals surface area contributed by atoms with Crippen LogP contribution in [-0.4, -0.2) is 19.9 Å². The molecule has 0 amide bonds. The highest BCUT2D eigenvalue weighted by atomic mass is 16.4. The van der Waals surface area contributed by atoms with E-state index < -0.39 is 18.6 Å². The van der Waals surface area contributed by atoms with E-state index in [0.29, 0.717) is 28.4 Å². The normalized spacial score (nSPS) is 13.2. The van der Waals surface area contributed by atoms with Crippen LogP contribution < -0.4 is 18.3 Å². The Morgan fingerprint density at radius 2 is 0.592 bits per heavy atom. The third-order valence-electron chi connectivity index (χ3n) is 25.7. The van der Waals surface area contributed by atoms with Crippen molar-refractivity contribution in [3.8, 4) is 45.0 Å². The zero-order valence-electron chi connectivity index (χ0n) is 77.3. The first-order valence-corrected chi connectivity index (χ1v) is 42.5.